The minimum absolute atomic E-state index is 0.0891. The fourth-order valence-corrected chi connectivity index (χ4v) is 2.22. The lowest BCUT2D eigenvalue weighted by molar-refractivity contribution is -0.135. The third-order valence-electron chi connectivity index (χ3n) is 3.54. The summed E-state index contributed by atoms with van der Waals surface area (Å²) < 4.78 is 4.50. The first-order chi connectivity index (χ1) is 12.6. The second-order valence-electron chi connectivity index (χ2n) is 5.42. The lowest BCUT2D eigenvalue weighted by Gasteiger charge is -2.08. The van der Waals surface area contributed by atoms with E-state index >= 15 is 0 Å². The Labute approximate surface area is 152 Å². The van der Waals surface area contributed by atoms with Crippen LogP contribution < -0.4 is 10.6 Å². The average molecular weight is 349 g/mol. The van der Waals surface area contributed by atoms with Crippen LogP contribution in [0.5, 0.6) is 0 Å². The number of esters is 1. The Kier molecular flexibility index (Phi) is 6.95. The molecule has 0 aliphatic heterocycles. The molecule has 0 aliphatic carbocycles. The number of anilines is 2. The standard InChI is InChI=1S/C20H19N3O3/c1-26-20(25)16(13-21)14-22-17-8-5-9-18(12-17)23-19(24)11-10-15-6-3-2-4-7-15/h2-9,12,14,22H,10-11H2,1H3,(H,23,24)/b16-14-. The van der Waals surface area contributed by atoms with Crippen molar-refractivity contribution in [3.63, 3.8) is 0 Å². The summed E-state index contributed by atoms with van der Waals surface area (Å²) >= 11 is 0. The molecule has 132 valence electrons. The molecule has 0 fully saturated rings. The van der Waals surface area contributed by atoms with E-state index in [1.54, 1.807) is 30.3 Å². The van der Waals surface area contributed by atoms with Gasteiger partial charge in [0, 0.05) is 24.0 Å². The molecule has 0 radical (unpaired) electrons. The van der Waals surface area contributed by atoms with Crippen molar-refractivity contribution in [1.82, 2.24) is 0 Å². The summed E-state index contributed by atoms with van der Waals surface area (Å²) in [6.45, 7) is 0. The molecule has 0 unspecified atom stereocenters. The van der Waals surface area contributed by atoms with E-state index in [4.69, 9.17) is 5.26 Å². The van der Waals surface area contributed by atoms with Crippen molar-refractivity contribution in [2.45, 2.75) is 12.8 Å². The molecule has 6 nitrogen and oxygen atoms in total. The topological polar surface area (TPSA) is 91.2 Å². The lowest BCUT2D eigenvalue weighted by atomic mass is 10.1. The van der Waals surface area contributed by atoms with Crippen molar-refractivity contribution in [1.29, 1.82) is 5.26 Å². The van der Waals surface area contributed by atoms with Gasteiger partial charge < -0.3 is 15.4 Å². The number of nitrogens with zero attached hydrogens (tertiary/aromatic N) is 1. The van der Waals surface area contributed by atoms with Crippen LogP contribution in [-0.4, -0.2) is 19.0 Å². The number of carbonyl (C=O) groups excluding carboxylic acids is 2. The first-order valence-corrected chi connectivity index (χ1v) is 8.01. The van der Waals surface area contributed by atoms with Crippen molar-refractivity contribution >= 4 is 23.3 Å². The molecular weight excluding hydrogens is 330 g/mol. The van der Waals surface area contributed by atoms with Crippen LogP contribution in [0.25, 0.3) is 0 Å². The zero-order valence-electron chi connectivity index (χ0n) is 14.4. The predicted molar refractivity (Wildman–Crippen MR) is 99.2 cm³/mol. The van der Waals surface area contributed by atoms with E-state index in [9.17, 15) is 9.59 Å². The molecule has 2 N–H and O–H groups in total. The number of nitriles is 1. The maximum absolute atomic E-state index is 12.1. The third-order valence-corrected chi connectivity index (χ3v) is 3.54. The lowest BCUT2D eigenvalue weighted by Crippen LogP contribution is -2.12. The summed E-state index contributed by atoms with van der Waals surface area (Å²) in [7, 11) is 1.21. The normalized spacial score (nSPS) is 10.5. The van der Waals surface area contributed by atoms with Crippen LogP contribution in [0, 0.1) is 11.3 Å². The van der Waals surface area contributed by atoms with Gasteiger partial charge in [0.1, 0.15) is 6.07 Å². The number of hydrogen-bond donors (Lipinski definition) is 2. The maximum Gasteiger partial charge on any atom is 0.350 e. The van der Waals surface area contributed by atoms with Gasteiger partial charge >= 0.3 is 5.97 Å². The molecular formula is C20H19N3O3. The van der Waals surface area contributed by atoms with Gasteiger partial charge in [-0.1, -0.05) is 36.4 Å². The van der Waals surface area contributed by atoms with Crippen LogP contribution in [0.4, 0.5) is 11.4 Å². The molecule has 26 heavy (non-hydrogen) atoms. The largest absolute Gasteiger partial charge is 0.465 e. The fraction of sp³-hybridized carbons (Fsp3) is 0.150. The second-order valence-corrected chi connectivity index (χ2v) is 5.42. The van der Waals surface area contributed by atoms with Gasteiger partial charge in [0.2, 0.25) is 5.91 Å². The summed E-state index contributed by atoms with van der Waals surface area (Å²) in [6, 6.07) is 18.5. The van der Waals surface area contributed by atoms with Crippen LogP contribution in [0.3, 0.4) is 0 Å². The van der Waals surface area contributed by atoms with Crippen molar-refractivity contribution in [3.8, 4) is 6.07 Å². The van der Waals surface area contributed by atoms with E-state index in [-0.39, 0.29) is 11.5 Å². The van der Waals surface area contributed by atoms with Crippen molar-refractivity contribution in [2.24, 2.45) is 0 Å². The number of ether oxygens (including phenoxy) is 1. The number of benzene rings is 2. The quantitative estimate of drug-likeness (QED) is 0.455. The Morgan fingerprint density at radius 3 is 2.54 bits per heavy atom. The minimum atomic E-state index is -0.717. The molecule has 6 heteroatoms. The smallest absolute Gasteiger partial charge is 0.350 e. The summed E-state index contributed by atoms with van der Waals surface area (Å²) in [6.07, 6.45) is 2.31. The van der Waals surface area contributed by atoms with Gasteiger partial charge in [0.15, 0.2) is 5.57 Å². The fourth-order valence-electron chi connectivity index (χ4n) is 2.22. The number of hydrogen-bond acceptors (Lipinski definition) is 5. The predicted octanol–water partition coefficient (Wildman–Crippen LogP) is 3.25. The molecule has 2 aromatic rings. The zero-order chi connectivity index (χ0) is 18.8. The SMILES string of the molecule is COC(=O)/C(C#N)=C\Nc1cccc(NC(=O)CCc2ccccc2)c1. The van der Waals surface area contributed by atoms with Gasteiger partial charge in [0.05, 0.1) is 7.11 Å². The first kappa shape index (κ1) is 18.7. The van der Waals surface area contributed by atoms with E-state index in [0.717, 1.165) is 5.56 Å². The molecule has 0 saturated heterocycles. The minimum Gasteiger partial charge on any atom is -0.465 e. The van der Waals surface area contributed by atoms with Crippen LogP contribution in [-0.2, 0) is 20.7 Å². The maximum atomic E-state index is 12.1. The Balaban J connectivity index is 1.94. The molecule has 1 amide bonds. The Morgan fingerprint density at radius 2 is 1.85 bits per heavy atom. The van der Waals surface area contributed by atoms with E-state index in [0.29, 0.717) is 24.2 Å². The van der Waals surface area contributed by atoms with Gasteiger partial charge in [-0.2, -0.15) is 5.26 Å². The highest BCUT2D eigenvalue weighted by atomic mass is 16.5. The van der Waals surface area contributed by atoms with E-state index in [1.165, 1.54) is 13.3 Å². The molecule has 0 spiro atoms. The van der Waals surface area contributed by atoms with Crippen molar-refractivity contribution < 1.29 is 14.3 Å². The highest BCUT2D eigenvalue weighted by Crippen LogP contribution is 2.16. The summed E-state index contributed by atoms with van der Waals surface area (Å²) in [4.78, 5) is 23.4. The molecule has 2 aromatic carbocycles. The summed E-state index contributed by atoms with van der Waals surface area (Å²) in [5.41, 5.74) is 2.21. The Bertz CT molecular complexity index is 839. The van der Waals surface area contributed by atoms with Crippen LogP contribution in [0.2, 0.25) is 0 Å². The number of carbonyl (C=O) groups is 2. The highest BCUT2D eigenvalue weighted by Gasteiger charge is 2.08. The number of aryl methyl sites for hydroxylation is 1. The first-order valence-electron chi connectivity index (χ1n) is 8.01. The number of amides is 1. The Hall–Kier alpha value is -3.59. The van der Waals surface area contributed by atoms with Crippen LogP contribution in [0.15, 0.2) is 66.4 Å². The second kappa shape index (κ2) is 9.64. The number of methoxy groups -OCH3 is 1. The van der Waals surface area contributed by atoms with Gasteiger partial charge in [0.25, 0.3) is 0 Å². The highest BCUT2D eigenvalue weighted by molar-refractivity contribution is 5.93. The molecule has 0 aliphatic rings. The van der Waals surface area contributed by atoms with E-state index in [1.807, 2.05) is 30.3 Å². The molecule has 0 aromatic heterocycles. The molecule has 0 atom stereocenters. The number of nitrogens with one attached hydrogen (secondary N) is 2. The molecule has 0 bridgehead atoms. The molecule has 0 saturated carbocycles. The zero-order valence-corrected chi connectivity index (χ0v) is 14.4. The third kappa shape index (κ3) is 5.80. The average Bonchev–Trinajstić information content (AvgIpc) is 2.67. The summed E-state index contributed by atoms with van der Waals surface area (Å²) in [5.74, 6) is -0.806. The van der Waals surface area contributed by atoms with Gasteiger partial charge in [-0.05, 0) is 30.2 Å². The van der Waals surface area contributed by atoms with Crippen molar-refractivity contribution in [3.05, 3.63) is 71.9 Å². The van der Waals surface area contributed by atoms with Crippen LogP contribution in [0.1, 0.15) is 12.0 Å². The summed E-state index contributed by atoms with van der Waals surface area (Å²) in [5, 5.41) is 14.6. The van der Waals surface area contributed by atoms with Gasteiger partial charge in [-0.3, -0.25) is 4.79 Å². The van der Waals surface area contributed by atoms with Crippen molar-refractivity contribution in [2.75, 3.05) is 17.7 Å². The van der Waals surface area contributed by atoms with E-state index < -0.39 is 5.97 Å². The van der Waals surface area contributed by atoms with E-state index in [2.05, 4.69) is 15.4 Å². The molecule has 2 rings (SSSR count). The van der Waals surface area contributed by atoms with Gasteiger partial charge in [-0.15, -0.1) is 0 Å². The Morgan fingerprint density at radius 1 is 1.12 bits per heavy atom. The number of rotatable bonds is 7. The monoisotopic (exact) mass is 349 g/mol. The molecule has 0 heterocycles. The van der Waals surface area contributed by atoms with Crippen LogP contribution >= 0.6 is 0 Å². The van der Waals surface area contributed by atoms with Gasteiger partial charge in [-0.25, -0.2) is 4.79 Å².